The van der Waals surface area contributed by atoms with Crippen LogP contribution in [-0.4, -0.2) is 49.2 Å². The number of rotatable bonds is 8. The quantitative estimate of drug-likeness (QED) is 0.384. The summed E-state index contributed by atoms with van der Waals surface area (Å²) in [7, 11) is 1.57. The number of methoxy groups -OCH3 is 1. The van der Waals surface area contributed by atoms with Crippen LogP contribution >= 0.6 is 11.8 Å². The van der Waals surface area contributed by atoms with Gasteiger partial charge in [0.1, 0.15) is 17.6 Å². The molecular formula is C27H27N3O5S. The van der Waals surface area contributed by atoms with Crippen molar-refractivity contribution in [2.75, 3.05) is 36.2 Å². The summed E-state index contributed by atoms with van der Waals surface area (Å²) in [5, 5.41) is 16.2. The lowest BCUT2D eigenvalue weighted by Crippen LogP contribution is -2.26. The highest BCUT2D eigenvalue weighted by atomic mass is 32.2. The van der Waals surface area contributed by atoms with Crippen LogP contribution in [0.2, 0.25) is 0 Å². The molecule has 2 heterocycles. The molecule has 2 aliphatic heterocycles. The van der Waals surface area contributed by atoms with Crippen LogP contribution in [-0.2, 0) is 16.1 Å². The Morgan fingerprint density at radius 1 is 1.14 bits per heavy atom. The smallest absolute Gasteiger partial charge is 0.414 e. The van der Waals surface area contributed by atoms with Crippen LogP contribution < -0.4 is 20.3 Å². The number of hydrogen-bond acceptors (Lipinski definition) is 7. The predicted molar refractivity (Wildman–Crippen MR) is 140 cm³/mol. The van der Waals surface area contributed by atoms with E-state index in [1.54, 1.807) is 24.1 Å². The summed E-state index contributed by atoms with van der Waals surface area (Å²) >= 11 is 1.49. The fourth-order valence-electron chi connectivity index (χ4n) is 4.35. The van der Waals surface area contributed by atoms with Gasteiger partial charge in [-0.05, 0) is 66.1 Å². The summed E-state index contributed by atoms with van der Waals surface area (Å²) < 4.78 is 10.8. The minimum Gasteiger partial charge on any atom is -0.508 e. The Morgan fingerprint density at radius 3 is 2.89 bits per heavy atom. The first-order valence-corrected chi connectivity index (χ1v) is 12.7. The molecule has 1 atom stereocenters. The average Bonchev–Trinajstić information content (AvgIpc) is 3.26. The maximum atomic E-state index is 12.5. The number of anilines is 2. The van der Waals surface area contributed by atoms with Crippen molar-refractivity contribution < 1.29 is 24.2 Å². The van der Waals surface area contributed by atoms with Gasteiger partial charge in [0.15, 0.2) is 0 Å². The molecular weight excluding hydrogens is 478 g/mol. The average molecular weight is 506 g/mol. The molecule has 9 heteroatoms. The number of nitrogens with zero attached hydrogens (tertiary/aromatic N) is 1. The van der Waals surface area contributed by atoms with Crippen molar-refractivity contribution in [1.82, 2.24) is 5.32 Å². The van der Waals surface area contributed by atoms with E-state index in [2.05, 4.69) is 16.7 Å². The molecule has 0 saturated carbocycles. The topological polar surface area (TPSA) is 100 Å². The van der Waals surface area contributed by atoms with E-state index < -0.39 is 0 Å². The van der Waals surface area contributed by atoms with Crippen LogP contribution in [0.5, 0.6) is 11.5 Å². The first kappa shape index (κ1) is 24.0. The van der Waals surface area contributed by atoms with Crippen LogP contribution in [0.4, 0.5) is 16.2 Å². The number of benzene rings is 3. The summed E-state index contributed by atoms with van der Waals surface area (Å²) in [6.45, 7) is 1.82. The lowest BCUT2D eigenvalue weighted by molar-refractivity contribution is -0.113. The predicted octanol–water partition coefficient (Wildman–Crippen LogP) is 4.62. The molecule has 2 aliphatic rings. The van der Waals surface area contributed by atoms with E-state index in [0.29, 0.717) is 37.6 Å². The second-order valence-electron chi connectivity index (χ2n) is 8.72. The highest BCUT2D eigenvalue weighted by molar-refractivity contribution is 8.00. The van der Waals surface area contributed by atoms with Crippen molar-refractivity contribution in [2.24, 2.45) is 0 Å². The van der Waals surface area contributed by atoms with Crippen molar-refractivity contribution in [1.29, 1.82) is 0 Å². The second kappa shape index (κ2) is 10.5. The van der Waals surface area contributed by atoms with E-state index in [1.807, 2.05) is 42.5 Å². The molecule has 186 valence electrons. The molecule has 8 nitrogen and oxygen atoms in total. The molecule has 1 saturated heterocycles. The molecule has 5 rings (SSSR count). The van der Waals surface area contributed by atoms with Crippen LogP contribution in [0, 0.1) is 0 Å². The van der Waals surface area contributed by atoms with Crippen LogP contribution in [0.25, 0.3) is 11.1 Å². The molecule has 0 aliphatic carbocycles. The van der Waals surface area contributed by atoms with E-state index in [0.717, 1.165) is 33.0 Å². The standard InChI is InChI=1S/C27H27N3O5S/c1-34-23-11-19(10-21(31)13-23)18-4-2-3-17(9-18)14-28-8-7-22-15-30(27(33)35-22)20-5-6-25-24(12-20)29-26(32)16-36-25/h2-6,9-13,22,28,31H,7-8,14-16H2,1H3,(H,29,32). The van der Waals surface area contributed by atoms with Crippen molar-refractivity contribution in [2.45, 2.75) is 24.0 Å². The van der Waals surface area contributed by atoms with Gasteiger partial charge in [-0.15, -0.1) is 11.8 Å². The third-order valence-electron chi connectivity index (χ3n) is 6.14. The summed E-state index contributed by atoms with van der Waals surface area (Å²) in [5.41, 5.74) is 4.43. The van der Waals surface area contributed by atoms with Crippen molar-refractivity contribution in [3.63, 3.8) is 0 Å². The molecule has 3 aromatic rings. The Morgan fingerprint density at radius 2 is 2.03 bits per heavy atom. The van der Waals surface area contributed by atoms with Crippen molar-refractivity contribution >= 4 is 35.1 Å². The normalized spacial score (nSPS) is 16.9. The minimum atomic E-state index is -0.371. The third-order valence-corrected chi connectivity index (χ3v) is 7.21. The number of nitrogens with one attached hydrogen (secondary N) is 2. The Hall–Kier alpha value is -3.69. The van der Waals surface area contributed by atoms with Crippen molar-refractivity contribution in [3.8, 4) is 22.6 Å². The molecule has 0 bridgehead atoms. The number of aromatic hydroxyl groups is 1. The van der Waals surface area contributed by atoms with Crippen molar-refractivity contribution in [3.05, 3.63) is 66.2 Å². The van der Waals surface area contributed by atoms with Gasteiger partial charge in [-0.3, -0.25) is 9.69 Å². The zero-order valence-electron chi connectivity index (χ0n) is 19.8. The van der Waals surface area contributed by atoms with Gasteiger partial charge in [-0.1, -0.05) is 18.2 Å². The number of ether oxygens (including phenoxy) is 2. The number of phenolic OH excluding ortho intramolecular Hbond substituents is 1. The maximum absolute atomic E-state index is 12.5. The number of fused-ring (bicyclic) bond motifs is 1. The summed E-state index contributed by atoms with van der Waals surface area (Å²) in [6.07, 6.45) is 0.100. The highest BCUT2D eigenvalue weighted by Crippen LogP contribution is 2.35. The monoisotopic (exact) mass is 505 g/mol. The Balaban J connectivity index is 1.14. The zero-order chi connectivity index (χ0) is 25.1. The lowest BCUT2D eigenvalue weighted by Gasteiger charge is -2.20. The van der Waals surface area contributed by atoms with E-state index in [1.165, 1.54) is 11.8 Å². The zero-order valence-corrected chi connectivity index (χ0v) is 20.6. The first-order valence-electron chi connectivity index (χ1n) is 11.7. The number of thioether (sulfide) groups is 1. The first-order chi connectivity index (χ1) is 17.5. The van der Waals surface area contributed by atoms with Gasteiger partial charge in [0.05, 0.1) is 25.1 Å². The van der Waals surface area contributed by atoms with E-state index in [4.69, 9.17) is 9.47 Å². The molecule has 0 aromatic heterocycles. The van der Waals surface area contributed by atoms with Gasteiger partial charge in [0.25, 0.3) is 0 Å². The molecule has 3 N–H and O–H groups in total. The Bertz CT molecular complexity index is 1300. The van der Waals surface area contributed by atoms with E-state index >= 15 is 0 Å². The summed E-state index contributed by atoms with van der Waals surface area (Å²) in [5.74, 6) is 1.13. The lowest BCUT2D eigenvalue weighted by atomic mass is 10.0. The molecule has 3 aromatic carbocycles. The van der Waals surface area contributed by atoms with E-state index in [-0.39, 0.29) is 23.9 Å². The minimum absolute atomic E-state index is 0.0372. The van der Waals surface area contributed by atoms with Gasteiger partial charge >= 0.3 is 6.09 Å². The van der Waals surface area contributed by atoms with Gasteiger partial charge < -0.3 is 25.2 Å². The number of amides is 2. The number of hydrogen-bond donors (Lipinski definition) is 3. The second-order valence-corrected chi connectivity index (χ2v) is 9.74. The molecule has 36 heavy (non-hydrogen) atoms. The number of carbonyl (C=O) groups is 2. The molecule has 1 fully saturated rings. The van der Waals surface area contributed by atoms with Crippen LogP contribution in [0.1, 0.15) is 12.0 Å². The summed E-state index contributed by atoms with van der Waals surface area (Å²) in [6, 6.07) is 18.9. The van der Waals surface area contributed by atoms with Gasteiger partial charge in [-0.2, -0.15) is 0 Å². The SMILES string of the molecule is COc1cc(O)cc(-c2cccc(CNCCC3CN(c4ccc5c(c4)NC(=O)CS5)C(=O)O3)c2)c1. The maximum Gasteiger partial charge on any atom is 0.414 e. The Labute approximate surface area is 213 Å². The summed E-state index contributed by atoms with van der Waals surface area (Å²) in [4.78, 5) is 26.8. The fraction of sp³-hybridized carbons (Fsp3) is 0.259. The number of carbonyl (C=O) groups excluding carboxylic acids is 2. The highest BCUT2D eigenvalue weighted by Gasteiger charge is 2.32. The largest absolute Gasteiger partial charge is 0.508 e. The molecule has 0 spiro atoms. The number of phenols is 1. The Kier molecular flexibility index (Phi) is 7.02. The van der Waals surface area contributed by atoms with Gasteiger partial charge in [0, 0.05) is 23.2 Å². The van der Waals surface area contributed by atoms with Gasteiger partial charge in [-0.25, -0.2) is 4.79 Å². The van der Waals surface area contributed by atoms with Gasteiger partial charge in [0.2, 0.25) is 5.91 Å². The molecule has 2 amide bonds. The molecule has 0 radical (unpaired) electrons. The van der Waals surface area contributed by atoms with Crippen LogP contribution in [0.3, 0.4) is 0 Å². The molecule has 1 unspecified atom stereocenters. The number of cyclic esters (lactones) is 1. The fourth-order valence-corrected chi connectivity index (χ4v) is 5.13. The third kappa shape index (κ3) is 5.42. The van der Waals surface area contributed by atoms with E-state index in [9.17, 15) is 14.7 Å². The van der Waals surface area contributed by atoms with Crippen LogP contribution in [0.15, 0.2) is 65.6 Å².